The molecule has 0 radical (unpaired) electrons. The summed E-state index contributed by atoms with van der Waals surface area (Å²) in [5.41, 5.74) is 5.40. The second kappa shape index (κ2) is 5.01. The Morgan fingerprint density at radius 3 is 2.65 bits per heavy atom. The third-order valence-corrected chi connectivity index (χ3v) is 4.16. The van der Waals surface area contributed by atoms with Gasteiger partial charge < -0.3 is 5.73 Å². The van der Waals surface area contributed by atoms with Crippen LogP contribution in [0, 0.1) is 5.41 Å². The minimum Gasteiger partial charge on any atom is -0.384 e. The van der Waals surface area contributed by atoms with E-state index < -0.39 is 10.0 Å². The Morgan fingerprint density at radius 1 is 1.47 bits per heavy atom. The van der Waals surface area contributed by atoms with Crippen LogP contribution in [-0.2, 0) is 10.0 Å². The zero-order valence-corrected chi connectivity index (χ0v) is 11.2. The Bertz CT molecular complexity index is 483. The molecule has 1 aromatic heterocycles. The van der Waals surface area contributed by atoms with E-state index in [1.54, 1.807) is 0 Å². The van der Waals surface area contributed by atoms with Gasteiger partial charge in [-0.25, -0.2) is 18.1 Å². The largest absolute Gasteiger partial charge is 0.384 e. The van der Waals surface area contributed by atoms with E-state index in [1.807, 2.05) is 20.8 Å². The van der Waals surface area contributed by atoms with Crippen LogP contribution in [0.3, 0.4) is 0 Å². The molecule has 0 aromatic carbocycles. The minimum absolute atomic E-state index is 0.0638. The minimum atomic E-state index is -3.50. The summed E-state index contributed by atoms with van der Waals surface area (Å²) in [6.45, 7) is 6.44. The van der Waals surface area contributed by atoms with Gasteiger partial charge in [-0.1, -0.05) is 20.8 Å². The normalized spacial score (nSPS) is 12.6. The van der Waals surface area contributed by atoms with Crippen LogP contribution in [0.1, 0.15) is 27.2 Å². The Kier molecular flexibility index (Phi) is 4.11. The van der Waals surface area contributed by atoms with Crippen molar-refractivity contribution in [3.05, 3.63) is 18.3 Å². The first-order chi connectivity index (χ1) is 7.77. The van der Waals surface area contributed by atoms with Crippen molar-refractivity contribution in [3.8, 4) is 0 Å². The van der Waals surface area contributed by atoms with Gasteiger partial charge in [0.1, 0.15) is 5.82 Å². The average molecular weight is 257 g/mol. The quantitative estimate of drug-likeness (QED) is 0.834. The number of pyridine rings is 1. The van der Waals surface area contributed by atoms with Gasteiger partial charge in [0.25, 0.3) is 0 Å². The van der Waals surface area contributed by atoms with Gasteiger partial charge in [-0.05, 0) is 17.9 Å². The second-order valence-electron chi connectivity index (χ2n) is 4.76. The summed E-state index contributed by atoms with van der Waals surface area (Å²) in [6, 6.07) is 2.78. The summed E-state index contributed by atoms with van der Waals surface area (Å²) in [5, 5.41) is 0. The third kappa shape index (κ3) is 3.98. The van der Waals surface area contributed by atoms with Crippen molar-refractivity contribution in [3.63, 3.8) is 0 Å². The molecule has 0 aliphatic rings. The van der Waals surface area contributed by atoms with E-state index in [0.717, 1.165) is 6.42 Å². The lowest BCUT2D eigenvalue weighted by molar-refractivity contribution is 0.350. The molecule has 1 rings (SSSR count). The first-order valence-corrected chi connectivity index (χ1v) is 6.96. The van der Waals surface area contributed by atoms with Gasteiger partial charge in [0.15, 0.2) is 0 Å². The maximum Gasteiger partial charge on any atom is 0.240 e. The number of aromatic nitrogens is 1. The second-order valence-corrected chi connectivity index (χ2v) is 6.53. The van der Waals surface area contributed by atoms with Crippen LogP contribution in [0.25, 0.3) is 0 Å². The van der Waals surface area contributed by atoms with Gasteiger partial charge in [-0.3, -0.25) is 0 Å². The summed E-state index contributed by atoms with van der Waals surface area (Å²) in [7, 11) is -3.50. The van der Waals surface area contributed by atoms with E-state index in [-0.39, 0.29) is 16.1 Å². The third-order valence-electron chi connectivity index (χ3n) is 2.76. The Labute approximate surface area is 102 Å². The van der Waals surface area contributed by atoms with E-state index in [2.05, 4.69) is 9.71 Å². The van der Waals surface area contributed by atoms with Crippen LogP contribution in [0.4, 0.5) is 5.82 Å². The van der Waals surface area contributed by atoms with E-state index >= 15 is 0 Å². The van der Waals surface area contributed by atoms with E-state index in [9.17, 15) is 8.42 Å². The smallest absolute Gasteiger partial charge is 0.240 e. The van der Waals surface area contributed by atoms with Crippen LogP contribution >= 0.6 is 0 Å². The molecule has 3 N–H and O–H groups in total. The molecule has 5 nitrogen and oxygen atoms in total. The number of nitrogens with zero attached hydrogens (tertiary/aromatic N) is 1. The maximum absolute atomic E-state index is 12.0. The van der Waals surface area contributed by atoms with E-state index in [1.165, 1.54) is 18.3 Å². The highest BCUT2D eigenvalue weighted by molar-refractivity contribution is 7.89. The molecule has 0 saturated heterocycles. The molecule has 0 unspecified atom stereocenters. The predicted octanol–water partition coefficient (Wildman–Crippen LogP) is 1.38. The fourth-order valence-electron chi connectivity index (χ4n) is 1.09. The molecule has 17 heavy (non-hydrogen) atoms. The van der Waals surface area contributed by atoms with Gasteiger partial charge in [-0.15, -0.1) is 0 Å². The summed E-state index contributed by atoms with van der Waals surface area (Å²) in [4.78, 5) is 3.91. The van der Waals surface area contributed by atoms with Crippen molar-refractivity contribution < 1.29 is 8.42 Å². The fourth-order valence-corrected chi connectivity index (χ4v) is 2.36. The molecule has 0 fully saturated rings. The first-order valence-electron chi connectivity index (χ1n) is 5.48. The highest BCUT2D eigenvalue weighted by Crippen LogP contribution is 2.19. The van der Waals surface area contributed by atoms with E-state index in [4.69, 9.17) is 5.73 Å². The summed E-state index contributed by atoms with van der Waals surface area (Å²) < 4.78 is 26.5. The summed E-state index contributed by atoms with van der Waals surface area (Å²) in [6.07, 6.45) is 2.28. The van der Waals surface area contributed by atoms with Gasteiger partial charge in [0, 0.05) is 18.8 Å². The molecule has 1 heterocycles. The number of nitrogens with two attached hydrogens (primary N) is 1. The highest BCUT2D eigenvalue weighted by Gasteiger charge is 2.20. The van der Waals surface area contributed by atoms with Crippen LogP contribution in [0.15, 0.2) is 23.2 Å². The van der Waals surface area contributed by atoms with Crippen molar-refractivity contribution in [2.24, 2.45) is 5.41 Å². The number of sulfonamides is 1. The van der Waals surface area contributed by atoms with Crippen molar-refractivity contribution in [2.45, 2.75) is 32.1 Å². The summed E-state index contributed by atoms with van der Waals surface area (Å²) >= 11 is 0. The number of anilines is 1. The fraction of sp³-hybridized carbons (Fsp3) is 0.545. The number of hydrogen-bond donors (Lipinski definition) is 2. The van der Waals surface area contributed by atoms with Crippen LogP contribution in [0.2, 0.25) is 0 Å². The van der Waals surface area contributed by atoms with Crippen molar-refractivity contribution >= 4 is 15.8 Å². The molecule has 0 saturated carbocycles. The topological polar surface area (TPSA) is 85.1 Å². The lowest BCUT2D eigenvalue weighted by Crippen LogP contribution is -2.33. The van der Waals surface area contributed by atoms with Gasteiger partial charge >= 0.3 is 0 Å². The van der Waals surface area contributed by atoms with E-state index in [0.29, 0.717) is 6.54 Å². The first kappa shape index (κ1) is 13.9. The molecule has 96 valence electrons. The average Bonchev–Trinajstić information content (AvgIpc) is 2.27. The predicted molar refractivity (Wildman–Crippen MR) is 67.9 cm³/mol. The molecule has 0 amide bonds. The number of nitrogens with one attached hydrogen (secondary N) is 1. The molecule has 0 spiro atoms. The lowest BCUT2D eigenvalue weighted by Gasteiger charge is -2.22. The Morgan fingerprint density at radius 2 is 2.12 bits per heavy atom. The molecular formula is C11H19N3O2S. The lowest BCUT2D eigenvalue weighted by atomic mass is 9.91. The number of rotatable bonds is 5. The maximum atomic E-state index is 12.0. The Balaban J connectivity index is 2.83. The van der Waals surface area contributed by atoms with Gasteiger partial charge in [0.2, 0.25) is 10.0 Å². The van der Waals surface area contributed by atoms with Crippen molar-refractivity contribution in [2.75, 3.05) is 12.3 Å². The zero-order chi connectivity index (χ0) is 13.1. The van der Waals surface area contributed by atoms with Crippen LogP contribution < -0.4 is 10.5 Å². The van der Waals surface area contributed by atoms with Gasteiger partial charge in [0.05, 0.1) is 4.90 Å². The zero-order valence-electron chi connectivity index (χ0n) is 10.4. The van der Waals surface area contributed by atoms with Crippen molar-refractivity contribution in [1.82, 2.24) is 9.71 Å². The molecule has 6 heteroatoms. The highest BCUT2D eigenvalue weighted by atomic mass is 32.2. The molecule has 1 aromatic rings. The van der Waals surface area contributed by atoms with Crippen molar-refractivity contribution in [1.29, 1.82) is 0 Å². The van der Waals surface area contributed by atoms with Crippen LogP contribution in [-0.4, -0.2) is 19.9 Å². The molecule has 0 atom stereocenters. The molecule has 0 aliphatic heterocycles. The number of hydrogen-bond acceptors (Lipinski definition) is 4. The Hall–Kier alpha value is -1.14. The van der Waals surface area contributed by atoms with Gasteiger partial charge in [-0.2, -0.15) is 0 Å². The van der Waals surface area contributed by atoms with Crippen LogP contribution in [0.5, 0.6) is 0 Å². The molecule has 0 bridgehead atoms. The molecule has 0 aliphatic carbocycles. The SMILES string of the molecule is CCC(C)(C)CNS(=O)(=O)c1ccnc(N)c1. The monoisotopic (exact) mass is 257 g/mol. The number of nitrogen functional groups attached to an aromatic ring is 1. The summed E-state index contributed by atoms with van der Waals surface area (Å²) in [5.74, 6) is 0.197. The molecular weight excluding hydrogens is 238 g/mol. The standard InChI is InChI=1S/C11H19N3O2S/c1-4-11(2,3)8-14-17(15,16)9-5-6-13-10(12)7-9/h5-7,14H,4,8H2,1-3H3,(H2,12,13).